The summed E-state index contributed by atoms with van der Waals surface area (Å²) >= 11 is 0. The fourth-order valence-electron chi connectivity index (χ4n) is 8.46. The van der Waals surface area contributed by atoms with Crippen LogP contribution in [0.1, 0.15) is 73.4 Å². The van der Waals surface area contributed by atoms with Gasteiger partial charge in [-0.3, -0.25) is 0 Å². The summed E-state index contributed by atoms with van der Waals surface area (Å²) in [5.41, 5.74) is 15.6. The molecular weight excluding hydrogens is 581 g/mol. The molecule has 0 bridgehead atoms. The number of hydrogen-bond acceptors (Lipinski definition) is 1. The van der Waals surface area contributed by atoms with Crippen LogP contribution in [0.3, 0.4) is 0 Å². The minimum Gasteiger partial charge on any atom is -0.313 e. The molecule has 0 N–H and O–H groups in total. The topological polar surface area (TPSA) is 8.17 Å². The van der Waals surface area contributed by atoms with Crippen LogP contribution in [-0.2, 0) is 5.41 Å². The van der Waals surface area contributed by atoms with Crippen molar-refractivity contribution in [2.45, 2.75) is 50.9 Å². The van der Waals surface area contributed by atoms with Gasteiger partial charge in [0.25, 0.3) is 0 Å². The highest BCUT2D eigenvalue weighted by atomic mass is 15.1. The Labute approximate surface area is 284 Å². The normalized spacial score (nSPS) is 18.7. The third-order valence-corrected chi connectivity index (χ3v) is 10.9. The van der Waals surface area contributed by atoms with E-state index in [0.717, 1.165) is 12.8 Å². The summed E-state index contributed by atoms with van der Waals surface area (Å²) < 4.78 is 2.53. The maximum absolute atomic E-state index is 2.53. The van der Waals surface area contributed by atoms with Crippen molar-refractivity contribution in [2.24, 2.45) is 0 Å². The van der Waals surface area contributed by atoms with E-state index in [1.165, 1.54) is 72.7 Å². The Bertz CT molecular complexity index is 2280. The summed E-state index contributed by atoms with van der Waals surface area (Å²) in [6.07, 6.45) is 13.8. The Morgan fingerprint density at radius 1 is 0.688 bits per heavy atom. The second-order valence-electron chi connectivity index (χ2n) is 14.2. The van der Waals surface area contributed by atoms with E-state index in [-0.39, 0.29) is 5.41 Å². The Hall–Kier alpha value is -5.34. The molecule has 0 amide bonds. The summed E-state index contributed by atoms with van der Waals surface area (Å²) in [6, 6.07) is 44.8. The van der Waals surface area contributed by atoms with Gasteiger partial charge in [0.1, 0.15) is 0 Å². The summed E-state index contributed by atoms with van der Waals surface area (Å²) in [7, 11) is 0. The van der Waals surface area contributed by atoms with Gasteiger partial charge in [-0.1, -0.05) is 124 Å². The number of nitrogens with zero attached hydrogens (tertiary/aromatic N) is 2. The van der Waals surface area contributed by atoms with Crippen molar-refractivity contribution in [1.29, 1.82) is 0 Å². The summed E-state index contributed by atoms with van der Waals surface area (Å²) in [6.45, 7) is 7.16. The fourth-order valence-corrected chi connectivity index (χ4v) is 8.46. The lowest BCUT2D eigenvalue weighted by Crippen LogP contribution is -2.19. The van der Waals surface area contributed by atoms with Gasteiger partial charge >= 0.3 is 0 Å². The third kappa shape index (κ3) is 4.47. The van der Waals surface area contributed by atoms with Crippen LogP contribution in [0, 0.1) is 0 Å². The third-order valence-electron chi connectivity index (χ3n) is 10.9. The maximum Gasteiger partial charge on any atom is 0.0537 e. The number of anilines is 2. The second kappa shape index (κ2) is 11.1. The number of rotatable bonds is 5. The number of allylic oxidation sites excluding steroid dienone is 4. The maximum atomic E-state index is 2.53. The SMILES string of the molecule is CC1CC=Cc2c1n(-c1ccc3c(c1)C(C)(C)c1cc(N(C4=CCC(c5ccccc5)C=C4)c4ccccc4)ccc1-3)c1ccccc21. The summed E-state index contributed by atoms with van der Waals surface area (Å²) in [5, 5.41) is 1.34. The molecule has 3 aliphatic rings. The molecule has 0 spiro atoms. The molecule has 9 rings (SSSR count). The lowest BCUT2D eigenvalue weighted by molar-refractivity contribution is 0.659. The summed E-state index contributed by atoms with van der Waals surface area (Å²) in [5.74, 6) is 0.866. The van der Waals surface area contributed by atoms with Gasteiger partial charge in [0.05, 0.1) is 5.52 Å². The van der Waals surface area contributed by atoms with Crippen molar-refractivity contribution in [1.82, 2.24) is 4.57 Å². The standard InChI is InChI=1S/C46H40N2/c1-31-13-12-19-41-40-18-10-11-20-44(40)48(45(31)41)37-26-28-39-38-27-25-36(29-42(38)46(2,3)43(39)30-37)47(34-16-8-5-9-17-34)35-23-21-33(22-24-35)32-14-6-4-7-15-32/h4-12,14-21,23-31,33H,13,22H2,1-3H3. The first-order valence-electron chi connectivity index (χ1n) is 17.4. The molecule has 5 aromatic carbocycles. The van der Waals surface area contributed by atoms with E-state index >= 15 is 0 Å². The van der Waals surface area contributed by atoms with Crippen molar-refractivity contribution in [2.75, 3.05) is 4.90 Å². The predicted octanol–water partition coefficient (Wildman–Crippen LogP) is 12.2. The zero-order valence-electron chi connectivity index (χ0n) is 27.9. The molecule has 48 heavy (non-hydrogen) atoms. The number of aromatic nitrogens is 1. The Morgan fingerprint density at radius 3 is 2.17 bits per heavy atom. The van der Waals surface area contributed by atoms with E-state index in [4.69, 9.17) is 0 Å². The lowest BCUT2D eigenvalue weighted by atomic mass is 9.82. The van der Waals surface area contributed by atoms with E-state index in [0.29, 0.717) is 11.8 Å². The molecule has 3 aliphatic carbocycles. The van der Waals surface area contributed by atoms with Gasteiger partial charge < -0.3 is 9.47 Å². The molecule has 0 saturated carbocycles. The number of fused-ring (bicyclic) bond motifs is 6. The quantitative estimate of drug-likeness (QED) is 0.186. The molecule has 1 aromatic heterocycles. The van der Waals surface area contributed by atoms with Crippen LogP contribution in [0.25, 0.3) is 33.8 Å². The highest BCUT2D eigenvalue weighted by Gasteiger charge is 2.37. The van der Waals surface area contributed by atoms with Gasteiger partial charge in [-0.15, -0.1) is 0 Å². The molecule has 0 fully saturated rings. The van der Waals surface area contributed by atoms with Gasteiger partial charge in [0.15, 0.2) is 0 Å². The van der Waals surface area contributed by atoms with Crippen LogP contribution < -0.4 is 4.90 Å². The Morgan fingerprint density at radius 2 is 1.40 bits per heavy atom. The van der Waals surface area contributed by atoms with Crippen LogP contribution in [-0.4, -0.2) is 4.57 Å². The monoisotopic (exact) mass is 620 g/mol. The zero-order valence-corrected chi connectivity index (χ0v) is 27.9. The molecular formula is C46H40N2. The molecule has 2 heteroatoms. The second-order valence-corrected chi connectivity index (χ2v) is 14.2. The number of benzene rings is 5. The Balaban J connectivity index is 1.12. The minimum absolute atomic E-state index is 0.150. The van der Waals surface area contributed by atoms with E-state index in [1.54, 1.807) is 0 Å². The highest BCUT2D eigenvalue weighted by molar-refractivity contribution is 5.94. The lowest BCUT2D eigenvalue weighted by Gasteiger charge is -2.30. The average molecular weight is 621 g/mol. The van der Waals surface area contributed by atoms with Crippen molar-refractivity contribution in [3.05, 3.63) is 179 Å². The predicted molar refractivity (Wildman–Crippen MR) is 203 cm³/mol. The van der Waals surface area contributed by atoms with Crippen LogP contribution in [0.5, 0.6) is 0 Å². The van der Waals surface area contributed by atoms with Crippen LogP contribution >= 0.6 is 0 Å². The molecule has 0 saturated heterocycles. The molecule has 0 radical (unpaired) electrons. The van der Waals surface area contributed by atoms with Crippen LogP contribution in [0.15, 0.2) is 151 Å². The first-order chi connectivity index (χ1) is 23.5. The van der Waals surface area contributed by atoms with Gasteiger partial charge in [0, 0.05) is 56.7 Å². The van der Waals surface area contributed by atoms with Crippen LogP contribution in [0.4, 0.5) is 11.4 Å². The van der Waals surface area contributed by atoms with E-state index < -0.39 is 0 Å². The molecule has 0 aliphatic heterocycles. The minimum atomic E-state index is -0.150. The van der Waals surface area contributed by atoms with E-state index in [1.807, 2.05) is 0 Å². The average Bonchev–Trinajstić information content (AvgIpc) is 3.59. The van der Waals surface area contributed by atoms with Gasteiger partial charge in [0.2, 0.25) is 0 Å². The fraction of sp³-hybridized carbons (Fsp3) is 0.174. The molecule has 6 aromatic rings. The molecule has 1 heterocycles. The van der Waals surface area contributed by atoms with Crippen molar-refractivity contribution < 1.29 is 0 Å². The molecule has 2 atom stereocenters. The molecule has 2 nitrogen and oxygen atoms in total. The number of hydrogen-bond donors (Lipinski definition) is 0. The summed E-state index contributed by atoms with van der Waals surface area (Å²) in [4.78, 5) is 2.43. The van der Waals surface area contributed by atoms with Gasteiger partial charge in [-0.05, 0) is 89.2 Å². The zero-order chi connectivity index (χ0) is 32.4. The van der Waals surface area contributed by atoms with Gasteiger partial charge in [-0.2, -0.15) is 0 Å². The molecule has 2 unspecified atom stereocenters. The van der Waals surface area contributed by atoms with Crippen LogP contribution in [0.2, 0.25) is 0 Å². The highest BCUT2D eigenvalue weighted by Crippen LogP contribution is 2.51. The van der Waals surface area contributed by atoms with Gasteiger partial charge in [-0.25, -0.2) is 0 Å². The first kappa shape index (κ1) is 28.8. The molecule has 234 valence electrons. The largest absolute Gasteiger partial charge is 0.313 e. The van der Waals surface area contributed by atoms with E-state index in [2.05, 4.69) is 182 Å². The smallest absolute Gasteiger partial charge is 0.0537 e. The van der Waals surface area contributed by atoms with Crippen molar-refractivity contribution in [3.63, 3.8) is 0 Å². The van der Waals surface area contributed by atoms with E-state index in [9.17, 15) is 0 Å². The Kier molecular flexibility index (Phi) is 6.69. The van der Waals surface area contributed by atoms with Crippen molar-refractivity contribution >= 4 is 28.4 Å². The number of para-hydroxylation sites is 2. The van der Waals surface area contributed by atoms with Crippen molar-refractivity contribution in [3.8, 4) is 16.8 Å². The first-order valence-corrected chi connectivity index (χ1v) is 17.4.